The monoisotopic (exact) mass is 922 g/mol. The van der Waals surface area contributed by atoms with Gasteiger partial charge in [0.05, 0.1) is 13.2 Å². The lowest BCUT2D eigenvalue weighted by atomic mass is 10.1. The van der Waals surface area contributed by atoms with Crippen LogP contribution in [0.5, 0.6) is 0 Å². The number of carbonyl (C=O) groups excluding carboxylic acids is 2. The van der Waals surface area contributed by atoms with Gasteiger partial charge in [0, 0.05) is 19.4 Å². The lowest BCUT2D eigenvalue weighted by Gasteiger charge is -2.19. The lowest BCUT2D eigenvalue weighted by Crippen LogP contribution is -2.29. The standard InChI is InChI=1S/C55H88NO8P/c1-3-5-7-9-11-13-15-17-19-21-23-24-25-26-27-28-30-32-34-36-38-40-42-44-46-48-55(58)64-53(52-63-65(59,60)62-50-49-56)51-61-54(57)47-45-43-41-39-37-35-33-31-29-22-20-18-16-14-12-10-8-6-4-2/h5-8,11-14,17-20,23-24,26-27,29-32,36,38,53H,3-4,9-10,15-16,21-22,25,28,33-35,37,39-52,56H2,1-2H3,(H,59,60)/b7-5-,8-6-,13-11-,14-12-,19-17-,20-18-,24-23-,27-26-,31-29-,32-30-,38-36-. The van der Waals surface area contributed by atoms with E-state index in [-0.39, 0.29) is 32.6 Å². The molecule has 65 heavy (non-hydrogen) atoms. The van der Waals surface area contributed by atoms with Gasteiger partial charge < -0.3 is 20.1 Å². The Morgan fingerprint density at radius 1 is 0.462 bits per heavy atom. The summed E-state index contributed by atoms with van der Waals surface area (Å²) in [5, 5.41) is 0. The largest absolute Gasteiger partial charge is 0.472 e. The normalized spacial score (nSPS) is 14.3. The lowest BCUT2D eigenvalue weighted by molar-refractivity contribution is -0.161. The molecule has 0 spiro atoms. The fourth-order valence-corrected chi connectivity index (χ4v) is 6.72. The molecule has 366 valence electrons. The van der Waals surface area contributed by atoms with E-state index in [9.17, 15) is 19.0 Å². The number of ether oxygens (including phenoxy) is 2. The molecule has 0 fully saturated rings. The maximum Gasteiger partial charge on any atom is 0.472 e. The summed E-state index contributed by atoms with van der Waals surface area (Å²) in [5.41, 5.74) is 5.36. The molecule has 10 heteroatoms. The minimum atomic E-state index is -4.41. The molecule has 0 aliphatic heterocycles. The summed E-state index contributed by atoms with van der Waals surface area (Å²) in [6.45, 7) is 3.42. The number of nitrogens with two attached hydrogens (primary N) is 1. The molecule has 2 unspecified atom stereocenters. The minimum Gasteiger partial charge on any atom is -0.462 e. The number of allylic oxidation sites excluding steroid dienone is 22. The Balaban J connectivity index is 4.23. The number of esters is 2. The van der Waals surface area contributed by atoms with Crippen molar-refractivity contribution in [1.82, 2.24) is 0 Å². The van der Waals surface area contributed by atoms with Crippen LogP contribution in [-0.2, 0) is 32.7 Å². The molecule has 0 saturated carbocycles. The molecule has 0 amide bonds. The molecule has 0 rings (SSSR count). The first kappa shape index (κ1) is 61.1. The highest BCUT2D eigenvalue weighted by molar-refractivity contribution is 7.47. The second kappa shape index (κ2) is 49.6. The van der Waals surface area contributed by atoms with Gasteiger partial charge in [0.25, 0.3) is 0 Å². The average Bonchev–Trinajstić information content (AvgIpc) is 3.30. The molecular formula is C55H88NO8P. The van der Waals surface area contributed by atoms with Crippen molar-refractivity contribution in [3.63, 3.8) is 0 Å². The number of hydrogen-bond donors (Lipinski definition) is 2. The van der Waals surface area contributed by atoms with Gasteiger partial charge in [-0.1, -0.05) is 180 Å². The van der Waals surface area contributed by atoms with Crippen molar-refractivity contribution >= 4 is 19.8 Å². The maximum atomic E-state index is 12.6. The van der Waals surface area contributed by atoms with E-state index in [1.165, 1.54) is 0 Å². The number of phosphoric ester groups is 1. The Labute approximate surface area is 395 Å². The van der Waals surface area contributed by atoms with E-state index in [0.717, 1.165) is 128 Å². The van der Waals surface area contributed by atoms with Gasteiger partial charge in [-0.3, -0.25) is 18.6 Å². The molecule has 0 heterocycles. The van der Waals surface area contributed by atoms with Crippen LogP contribution in [0.15, 0.2) is 134 Å². The van der Waals surface area contributed by atoms with Crippen LogP contribution in [0.25, 0.3) is 0 Å². The highest BCUT2D eigenvalue weighted by atomic mass is 31.2. The van der Waals surface area contributed by atoms with Crippen LogP contribution in [0.3, 0.4) is 0 Å². The minimum absolute atomic E-state index is 0.0369. The highest BCUT2D eigenvalue weighted by Crippen LogP contribution is 2.43. The van der Waals surface area contributed by atoms with Crippen molar-refractivity contribution in [3.05, 3.63) is 134 Å². The molecule has 0 aromatic heterocycles. The van der Waals surface area contributed by atoms with E-state index in [2.05, 4.69) is 148 Å². The Kier molecular flexibility index (Phi) is 46.6. The number of rotatable bonds is 44. The zero-order valence-corrected chi connectivity index (χ0v) is 41.3. The van der Waals surface area contributed by atoms with Crippen molar-refractivity contribution in [1.29, 1.82) is 0 Å². The molecule has 0 aliphatic carbocycles. The number of phosphoric acid groups is 1. The predicted molar refractivity (Wildman–Crippen MR) is 274 cm³/mol. The van der Waals surface area contributed by atoms with Crippen LogP contribution in [0.4, 0.5) is 0 Å². The second-order valence-electron chi connectivity index (χ2n) is 15.6. The maximum absolute atomic E-state index is 12.6. The van der Waals surface area contributed by atoms with Crippen molar-refractivity contribution in [2.75, 3.05) is 26.4 Å². The van der Waals surface area contributed by atoms with Crippen LogP contribution in [0.2, 0.25) is 0 Å². The topological polar surface area (TPSA) is 134 Å². The van der Waals surface area contributed by atoms with Crippen LogP contribution < -0.4 is 5.73 Å². The number of unbranched alkanes of at least 4 members (excludes halogenated alkanes) is 9. The van der Waals surface area contributed by atoms with Crippen molar-refractivity contribution < 1.29 is 37.6 Å². The first-order valence-electron chi connectivity index (χ1n) is 24.7. The molecular weight excluding hydrogens is 834 g/mol. The zero-order valence-electron chi connectivity index (χ0n) is 40.4. The molecule has 0 bridgehead atoms. The summed E-state index contributed by atoms with van der Waals surface area (Å²) in [5.74, 6) is -0.897. The van der Waals surface area contributed by atoms with Gasteiger partial charge in [-0.2, -0.15) is 0 Å². The first-order valence-corrected chi connectivity index (χ1v) is 26.2. The van der Waals surface area contributed by atoms with E-state index < -0.39 is 32.5 Å². The summed E-state index contributed by atoms with van der Waals surface area (Å²) in [6.07, 6.45) is 69.1. The van der Waals surface area contributed by atoms with Gasteiger partial charge in [-0.15, -0.1) is 0 Å². The molecule has 3 N–H and O–H groups in total. The van der Waals surface area contributed by atoms with Gasteiger partial charge in [-0.25, -0.2) is 4.57 Å². The molecule has 2 atom stereocenters. The van der Waals surface area contributed by atoms with Crippen molar-refractivity contribution in [2.24, 2.45) is 5.73 Å². The van der Waals surface area contributed by atoms with E-state index >= 15 is 0 Å². The zero-order chi connectivity index (χ0) is 47.4. The predicted octanol–water partition coefficient (Wildman–Crippen LogP) is 15.1. The molecule has 0 aliphatic rings. The first-order chi connectivity index (χ1) is 31.8. The Hall–Kier alpha value is -3.85. The third-order valence-electron chi connectivity index (χ3n) is 9.53. The van der Waals surface area contributed by atoms with Crippen LogP contribution >= 0.6 is 7.82 Å². The Bertz CT molecular complexity index is 1520. The summed E-state index contributed by atoms with van der Waals surface area (Å²) in [6, 6.07) is 0. The summed E-state index contributed by atoms with van der Waals surface area (Å²) in [4.78, 5) is 35.0. The van der Waals surface area contributed by atoms with E-state index in [0.29, 0.717) is 12.8 Å². The van der Waals surface area contributed by atoms with Crippen LogP contribution in [-0.4, -0.2) is 49.3 Å². The van der Waals surface area contributed by atoms with Gasteiger partial charge in [-0.05, 0) is 109 Å². The fraction of sp³-hybridized carbons (Fsp3) is 0.564. The summed E-state index contributed by atoms with van der Waals surface area (Å²) >= 11 is 0. The average molecular weight is 922 g/mol. The van der Waals surface area contributed by atoms with E-state index in [4.69, 9.17) is 24.3 Å². The van der Waals surface area contributed by atoms with E-state index in [1.54, 1.807) is 0 Å². The van der Waals surface area contributed by atoms with Crippen LogP contribution in [0.1, 0.15) is 168 Å². The quantitative estimate of drug-likeness (QED) is 0.0265. The van der Waals surface area contributed by atoms with Gasteiger partial charge >= 0.3 is 19.8 Å². The SMILES string of the molecule is CC/C=C\C/C=C\C/C=C\C/C=C\C/C=C\C/C=C\C/C=C\CCCCCC(=O)OC(COC(=O)CCCCCCCC/C=C\C/C=C\C/C=C\C/C=C\CC)COP(=O)(O)OCCN. The van der Waals surface area contributed by atoms with Crippen molar-refractivity contribution in [2.45, 2.75) is 174 Å². The number of carbonyl (C=O) groups is 2. The fourth-order valence-electron chi connectivity index (χ4n) is 5.96. The molecule has 0 saturated heterocycles. The van der Waals surface area contributed by atoms with Gasteiger partial charge in [0.2, 0.25) is 0 Å². The Morgan fingerprint density at radius 2 is 0.800 bits per heavy atom. The molecule has 0 radical (unpaired) electrons. The summed E-state index contributed by atoms with van der Waals surface area (Å²) in [7, 11) is -4.41. The highest BCUT2D eigenvalue weighted by Gasteiger charge is 2.26. The summed E-state index contributed by atoms with van der Waals surface area (Å²) < 4.78 is 32.9. The van der Waals surface area contributed by atoms with Crippen molar-refractivity contribution in [3.8, 4) is 0 Å². The van der Waals surface area contributed by atoms with Gasteiger partial charge in [0.1, 0.15) is 6.61 Å². The molecule has 0 aromatic rings. The Morgan fingerprint density at radius 3 is 1.20 bits per heavy atom. The van der Waals surface area contributed by atoms with Crippen LogP contribution in [0, 0.1) is 0 Å². The van der Waals surface area contributed by atoms with Gasteiger partial charge in [0.15, 0.2) is 6.10 Å². The smallest absolute Gasteiger partial charge is 0.462 e. The number of hydrogen-bond acceptors (Lipinski definition) is 8. The third-order valence-corrected chi connectivity index (χ3v) is 10.5. The molecule has 0 aromatic carbocycles. The molecule has 9 nitrogen and oxygen atoms in total. The second-order valence-corrected chi connectivity index (χ2v) is 17.0. The van der Waals surface area contributed by atoms with E-state index in [1.807, 2.05) is 0 Å². The third kappa shape index (κ3) is 49.4.